The van der Waals surface area contributed by atoms with E-state index in [9.17, 15) is 14.4 Å². The van der Waals surface area contributed by atoms with Crippen molar-refractivity contribution in [2.24, 2.45) is 5.73 Å². The normalized spacial score (nSPS) is 18.8. The fourth-order valence-electron chi connectivity index (χ4n) is 4.73. The van der Waals surface area contributed by atoms with Crippen molar-refractivity contribution in [1.82, 2.24) is 4.90 Å². The summed E-state index contributed by atoms with van der Waals surface area (Å²) >= 11 is 4.45. The summed E-state index contributed by atoms with van der Waals surface area (Å²) in [7, 11) is 0. The van der Waals surface area contributed by atoms with Gasteiger partial charge in [0, 0.05) is 21.9 Å². The van der Waals surface area contributed by atoms with E-state index in [0.29, 0.717) is 16.7 Å². The Morgan fingerprint density at radius 2 is 1.62 bits per heavy atom. The van der Waals surface area contributed by atoms with E-state index in [1.807, 2.05) is 96.4 Å². The number of esters is 1. The van der Waals surface area contributed by atoms with Gasteiger partial charge in [0.25, 0.3) is 0 Å². The number of ether oxygens (including phenoxy) is 1. The fourth-order valence-corrected chi connectivity index (χ4v) is 7.97. The first-order valence-corrected chi connectivity index (χ1v) is 15.4. The van der Waals surface area contributed by atoms with Gasteiger partial charge in [0.1, 0.15) is 17.1 Å². The third-order valence-corrected chi connectivity index (χ3v) is 10.1. The van der Waals surface area contributed by atoms with Crippen LogP contribution in [0.5, 0.6) is 0 Å². The van der Waals surface area contributed by atoms with Crippen molar-refractivity contribution in [2.75, 3.05) is 5.75 Å². The van der Waals surface area contributed by atoms with E-state index < -0.39 is 18.1 Å². The molecule has 0 saturated carbocycles. The van der Waals surface area contributed by atoms with Gasteiger partial charge in [-0.2, -0.15) is 0 Å². The molecule has 6 rings (SSSR count). The molecule has 0 aliphatic carbocycles. The summed E-state index contributed by atoms with van der Waals surface area (Å²) in [6.45, 7) is 0. The van der Waals surface area contributed by atoms with Crippen molar-refractivity contribution >= 4 is 56.8 Å². The molecule has 4 aromatic rings. The highest BCUT2D eigenvalue weighted by atomic mass is 32.2. The lowest BCUT2D eigenvalue weighted by Crippen LogP contribution is -2.68. The molecule has 3 heterocycles. The fraction of sp³-hybridized carbons (Fsp3) is 0.129. The van der Waals surface area contributed by atoms with Crippen LogP contribution in [-0.4, -0.2) is 33.9 Å². The molecule has 0 radical (unpaired) electrons. The number of hydrogen-bond acceptors (Lipinski definition) is 8. The summed E-state index contributed by atoms with van der Waals surface area (Å²) in [5, 5.41) is 2.24. The number of nitrogens with zero attached hydrogens (tertiary/aromatic N) is 1. The summed E-state index contributed by atoms with van der Waals surface area (Å²) in [6.07, 6.45) is 1.18. The Bertz CT molecular complexity index is 1660. The molecule has 9 heteroatoms. The maximum Gasteiger partial charge on any atom is 0.356 e. The molecule has 6 nitrogen and oxygen atoms in total. The van der Waals surface area contributed by atoms with E-state index in [4.69, 9.17) is 10.5 Å². The average molecular weight is 585 g/mol. The molecule has 1 amide bonds. The van der Waals surface area contributed by atoms with E-state index in [2.05, 4.69) is 0 Å². The predicted octanol–water partition coefficient (Wildman–Crippen LogP) is 5.70. The van der Waals surface area contributed by atoms with Gasteiger partial charge in [-0.05, 0) is 40.3 Å². The summed E-state index contributed by atoms with van der Waals surface area (Å²) in [5.41, 5.74) is 8.59. The number of thioether (sulfide) groups is 2. The third-order valence-electron chi connectivity index (χ3n) is 6.73. The summed E-state index contributed by atoms with van der Waals surface area (Å²) in [6, 6.07) is 27.6. The van der Waals surface area contributed by atoms with Crippen LogP contribution in [0.25, 0.3) is 10.1 Å². The van der Waals surface area contributed by atoms with Crippen molar-refractivity contribution in [3.63, 3.8) is 0 Å². The number of hydrogen-bond donors (Lipinski definition) is 1. The Balaban J connectivity index is 1.32. The quantitative estimate of drug-likeness (QED) is 0.169. The van der Waals surface area contributed by atoms with E-state index >= 15 is 0 Å². The van der Waals surface area contributed by atoms with E-state index in [-0.39, 0.29) is 22.4 Å². The monoisotopic (exact) mass is 584 g/mol. The summed E-state index contributed by atoms with van der Waals surface area (Å²) in [5.74, 6) is -0.381. The topological polar surface area (TPSA) is 89.7 Å². The minimum atomic E-state index is -0.651. The number of allylic oxidation sites excluding steroid dienone is 1. The van der Waals surface area contributed by atoms with Crippen LogP contribution in [0.15, 0.2) is 123 Å². The standard InChI is InChI=1S/C31H24N2O4S3/c32-26-29(35)33-27(31(36)37-28(19-9-3-1-4-10-19)20-11-5-2-6-12-20)21(18-39-30(26)33)15-16-38-25-17-23(34)22-13-7-8-14-24(22)40-25/h1-17,26,28,30H,18,32H2/b16-15+. The molecule has 2 N–H and O–H groups in total. The minimum absolute atomic E-state index is 0.0298. The average Bonchev–Trinajstić information content (AvgIpc) is 3.00. The second-order valence-corrected chi connectivity index (χ2v) is 12.7. The van der Waals surface area contributed by atoms with Gasteiger partial charge in [0.2, 0.25) is 5.91 Å². The lowest BCUT2D eigenvalue weighted by atomic mass is 10.0. The smallest absolute Gasteiger partial charge is 0.356 e. The summed E-state index contributed by atoms with van der Waals surface area (Å²) < 4.78 is 7.89. The third kappa shape index (κ3) is 5.13. The van der Waals surface area contributed by atoms with Crippen molar-refractivity contribution in [3.05, 3.63) is 135 Å². The van der Waals surface area contributed by atoms with Crippen LogP contribution in [0.2, 0.25) is 0 Å². The van der Waals surface area contributed by atoms with Crippen LogP contribution < -0.4 is 11.2 Å². The second kappa shape index (κ2) is 11.5. The molecule has 2 aliphatic heterocycles. The van der Waals surface area contributed by atoms with Crippen LogP contribution in [0.1, 0.15) is 17.2 Å². The molecule has 1 aromatic heterocycles. The molecule has 40 heavy (non-hydrogen) atoms. The Morgan fingerprint density at radius 1 is 0.975 bits per heavy atom. The van der Waals surface area contributed by atoms with Crippen LogP contribution in [0.3, 0.4) is 0 Å². The van der Waals surface area contributed by atoms with Gasteiger partial charge in [-0.3, -0.25) is 14.5 Å². The highest BCUT2D eigenvalue weighted by Gasteiger charge is 2.52. The van der Waals surface area contributed by atoms with Gasteiger partial charge in [0.15, 0.2) is 11.5 Å². The number of nitrogens with two attached hydrogens (primary N) is 1. The number of amides is 1. The van der Waals surface area contributed by atoms with Crippen LogP contribution in [-0.2, 0) is 14.3 Å². The zero-order valence-electron chi connectivity index (χ0n) is 21.1. The van der Waals surface area contributed by atoms with Gasteiger partial charge in [-0.25, -0.2) is 4.79 Å². The highest BCUT2D eigenvalue weighted by Crippen LogP contribution is 2.41. The lowest BCUT2D eigenvalue weighted by Gasteiger charge is -2.48. The molecule has 200 valence electrons. The highest BCUT2D eigenvalue weighted by molar-refractivity contribution is 8.04. The van der Waals surface area contributed by atoms with E-state index in [0.717, 1.165) is 20.0 Å². The van der Waals surface area contributed by atoms with Crippen LogP contribution >= 0.6 is 34.9 Å². The molecule has 2 atom stereocenters. The largest absolute Gasteiger partial charge is 0.448 e. The molecule has 3 aromatic carbocycles. The van der Waals surface area contributed by atoms with Gasteiger partial charge in [-0.15, -0.1) is 23.1 Å². The van der Waals surface area contributed by atoms with Crippen molar-refractivity contribution in [3.8, 4) is 0 Å². The summed E-state index contributed by atoms with van der Waals surface area (Å²) in [4.78, 5) is 40.7. The molecule has 1 saturated heterocycles. The van der Waals surface area contributed by atoms with Crippen LogP contribution in [0.4, 0.5) is 0 Å². The molecule has 0 spiro atoms. The number of benzene rings is 3. The van der Waals surface area contributed by atoms with Gasteiger partial charge < -0.3 is 10.5 Å². The first-order valence-electron chi connectivity index (χ1n) is 12.6. The van der Waals surface area contributed by atoms with Crippen molar-refractivity contribution in [1.29, 1.82) is 0 Å². The minimum Gasteiger partial charge on any atom is -0.448 e. The van der Waals surface area contributed by atoms with Crippen molar-refractivity contribution in [2.45, 2.75) is 21.7 Å². The van der Waals surface area contributed by atoms with Gasteiger partial charge in [0.05, 0.1) is 4.21 Å². The molecular weight excluding hydrogens is 561 g/mol. The Hall–Kier alpha value is -3.63. The number of carbonyl (C=O) groups excluding carboxylic acids is 2. The molecule has 2 aliphatic rings. The van der Waals surface area contributed by atoms with E-state index in [1.165, 1.54) is 39.8 Å². The van der Waals surface area contributed by atoms with E-state index in [1.54, 1.807) is 6.07 Å². The zero-order valence-corrected chi connectivity index (χ0v) is 23.6. The molecule has 2 unspecified atom stereocenters. The number of rotatable bonds is 7. The van der Waals surface area contributed by atoms with Crippen LogP contribution in [0, 0.1) is 0 Å². The van der Waals surface area contributed by atoms with Crippen molar-refractivity contribution < 1.29 is 14.3 Å². The predicted molar refractivity (Wildman–Crippen MR) is 162 cm³/mol. The molecule has 0 bridgehead atoms. The number of fused-ring (bicyclic) bond motifs is 2. The maximum absolute atomic E-state index is 13.8. The lowest BCUT2D eigenvalue weighted by molar-refractivity contribution is -0.153. The second-order valence-electron chi connectivity index (χ2n) is 9.26. The maximum atomic E-state index is 13.8. The molecular formula is C31H24N2O4S3. The Kier molecular flexibility index (Phi) is 7.62. The number of β-lactam (4-membered cyclic amide) rings is 1. The first kappa shape index (κ1) is 26.6. The first-order chi connectivity index (χ1) is 19.5. The Morgan fingerprint density at radius 3 is 2.33 bits per heavy atom. The molecule has 1 fully saturated rings. The SMILES string of the molecule is NC1C(=O)N2C(C(=O)OC(c3ccccc3)c3ccccc3)=C(/C=C/Sc3cc(=O)c4ccccc4s3)CSC12. The van der Waals surface area contributed by atoms with Gasteiger partial charge >= 0.3 is 5.97 Å². The zero-order chi connectivity index (χ0) is 27.6. The van der Waals surface area contributed by atoms with Gasteiger partial charge in [-0.1, -0.05) is 84.6 Å². The Labute approximate surface area is 243 Å². The number of carbonyl (C=O) groups is 2.